The molecule has 4 rings (SSSR count). The fraction of sp³-hybridized carbons (Fsp3) is 0.824. The number of carbonyl (C=O) groups excluding carboxylic acids is 1. The van der Waals surface area contributed by atoms with Gasteiger partial charge < -0.3 is 15.2 Å². The molecule has 140 valence electrons. The van der Waals surface area contributed by atoms with E-state index in [1.807, 2.05) is 0 Å². The Kier molecular flexibility index (Phi) is 6.30. The first-order valence-corrected chi connectivity index (χ1v) is 9.34. The molecule has 2 atom stereocenters. The van der Waals surface area contributed by atoms with Crippen molar-refractivity contribution in [3.05, 3.63) is 11.7 Å². The molecule has 8 heteroatoms. The molecule has 3 heterocycles. The van der Waals surface area contributed by atoms with Gasteiger partial charge in [0.2, 0.25) is 11.8 Å². The number of hydrogen-bond acceptors (Lipinski definition) is 6. The van der Waals surface area contributed by atoms with Gasteiger partial charge in [0, 0.05) is 19.0 Å². The minimum atomic E-state index is 0. The second-order valence-electron chi connectivity index (χ2n) is 7.46. The maximum absolute atomic E-state index is 12.1. The first-order valence-electron chi connectivity index (χ1n) is 9.34. The van der Waals surface area contributed by atoms with E-state index in [2.05, 4.69) is 25.7 Å². The Hall–Kier alpha value is -1.18. The molecule has 1 saturated carbocycles. The fourth-order valence-corrected chi connectivity index (χ4v) is 3.77. The predicted octanol–water partition coefficient (Wildman–Crippen LogP) is 1.45. The average Bonchev–Trinajstić information content (AvgIpc) is 3.10. The summed E-state index contributed by atoms with van der Waals surface area (Å²) < 4.78 is 5.34. The zero-order valence-electron chi connectivity index (χ0n) is 14.6. The Morgan fingerprint density at radius 3 is 2.92 bits per heavy atom. The van der Waals surface area contributed by atoms with Crippen molar-refractivity contribution in [1.82, 2.24) is 25.7 Å². The summed E-state index contributed by atoms with van der Waals surface area (Å²) in [6, 6.07) is 0.0184. The summed E-state index contributed by atoms with van der Waals surface area (Å²) in [6.45, 7) is 4.55. The summed E-state index contributed by atoms with van der Waals surface area (Å²) in [7, 11) is 0. The van der Waals surface area contributed by atoms with Gasteiger partial charge in [-0.3, -0.25) is 9.69 Å². The lowest BCUT2D eigenvalue weighted by Crippen LogP contribution is -2.45. The smallest absolute Gasteiger partial charge is 0.237 e. The molecule has 1 aromatic rings. The summed E-state index contributed by atoms with van der Waals surface area (Å²) in [5.41, 5.74) is 0. The number of nitrogens with zero attached hydrogens (tertiary/aromatic N) is 3. The minimum absolute atomic E-state index is 0. The first kappa shape index (κ1) is 18.6. The molecular weight excluding hydrogens is 342 g/mol. The topological polar surface area (TPSA) is 83.3 Å². The molecule has 0 radical (unpaired) electrons. The predicted molar refractivity (Wildman–Crippen MR) is 95.6 cm³/mol. The third-order valence-corrected chi connectivity index (χ3v) is 5.32. The van der Waals surface area contributed by atoms with Crippen molar-refractivity contribution in [2.45, 2.75) is 57.0 Å². The van der Waals surface area contributed by atoms with Gasteiger partial charge in [0.05, 0.1) is 12.6 Å². The van der Waals surface area contributed by atoms with Crippen molar-refractivity contribution >= 4 is 18.3 Å². The summed E-state index contributed by atoms with van der Waals surface area (Å²) in [5.74, 6) is 2.81. The van der Waals surface area contributed by atoms with E-state index in [9.17, 15) is 4.79 Å². The Labute approximate surface area is 154 Å². The van der Waals surface area contributed by atoms with Gasteiger partial charge in [-0.15, -0.1) is 12.4 Å². The highest BCUT2D eigenvalue weighted by Crippen LogP contribution is 2.38. The molecule has 0 aromatic carbocycles. The Morgan fingerprint density at radius 2 is 2.16 bits per heavy atom. The molecule has 0 spiro atoms. The van der Waals surface area contributed by atoms with Gasteiger partial charge in [-0.05, 0) is 57.5 Å². The molecule has 2 aliphatic heterocycles. The summed E-state index contributed by atoms with van der Waals surface area (Å²) in [6.07, 6.45) is 6.77. The lowest BCUT2D eigenvalue weighted by molar-refractivity contribution is -0.123. The van der Waals surface area contributed by atoms with Crippen LogP contribution in [0, 0.1) is 5.92 Å². The number of likely N-dealkylation sites (tertiary alicyclic amines) is 1. The van der Waals surface area contributed by atoms with Crippen LogP contribution in [-0.4, -0.2) is 53.2 Å². The van der Waals surface area contributed by atoms with E-state index in [-0.39, 0.29) is 24.4 Å². The normalized spacial score (nSPS) is 27.0. The molecule has 2 unspecified atom stereocenters. The van der Waals surface area contributed by atoms with E-state index in [1.54, 1.807) is 0 Å². The van der Waals surface area contributed by atoms with Gasteiger partial charge in [0.15, 0.2) is 5.82 Å². The van der Waals surface area contributed by atoms with Crippen LogP contribution >= 0.6 is 12.4 Å². The summed E-state index contributed by atoms with van der Waals surface area (Å²) >= 11 is 0. The van der Waals surface area contributed by atoms with E-state index < -0.39 is 0 Å². The third kappa shape index (κ3) is 4.92. The van der Waals surface area contributed by atoms with Crippen LogP contribution in [0.1, 0.15) is 56.2 Å². The number of rotatable bonds is 6. The van der Waals surface area contributed by atoms with Gasteiger partial charge in [0.1, 0.15) is 0 Å². The lowest BCUT2D eigenvalue weighted by atomic mass is 9.98. The quantitative estimate of drug-likeness (QED) is 0.789. The van der Waals surface area contributed by atoms with Gasteiger partial charge in [0.25, 0.3) is 0 Å². The second kappa shape index (κ2) is 8.47. The molecule has 3 fully saturated rings. The maximum atomic E-state index is 12.1. The van der Waals surface area contributed by atoms with Crippen LogP contribution in [0.15, 0.2) is 4.52 Å². The van der Waals surface area contributed by atoms with E-state index >= 15 is 0 Å². The van der Waals surface area contributed by atoms with Crippen LogP contribution in [0.25, 0.3) is 0 Å². The fourth-order valence-electron chi connectivity index (χ4n) is 3.77. The zero-order chi connectivity index (χ0) is 16.4. The average molecular weight is 370 g/mol. The molecular formula is C17H28ClN5O2. The second-order valence-corrected chi connectivity index (χ2v) is 7.46. The molecule has 0 bridgehead atoms. The van der Waals surface area contributed by atoms with Gasteiger partial charge in [-0.2, -0.15) is 4.98 Å². The lowest BCUT2D eigenvalue weighted by Gasteiger charge is -2.32. The van der Waals surface area contributed by atoms with Crippen molar-refractivity contribution < 1.29 is 9.32 Å². The molecule has 2 N–H and O–H groups in total. The van der Waals surface area contributed by atoms with Crippen molar-refractivity contribution in [2.24, 2.45) is 5.92 Å². The number of carbonyl (C=O) groups is 1. The highest BCUT2D eigenvalue weighted by molar-refractivity contribution is 5.85. The summed E-state index contributed by atoms with van der Waals surface area (Å²) in [4.78, 5) is 19.0. The van der Waals surface area contributed by atoms with Crippen LogP contribution in [-0.2, 0) is 11.3 Å². The largest absolute Gasteiger partial charge is 0.354 e. The SMILES string of the molecule is Cl.O=C(NCC1CCCN(Cc2noc(C3CC3)n2)C1)C1CCCN1. The third-order valence-electron chi connectivity index (χ3n) is 5.32. The minimum Gasteiger partial charge on any atom is -0.354 e. The van der Waals surface area contributed by atoms with Crippen LogP contribution < -0.4 is 10.6 Å². The molecule has 25 heavy (non-hydrogen) atoms. The van der Waals surface area contributed by atoms with Crippen LogP contribution in [0.4, 0.5) is 0 Å². The van der Waals surface area contributed by atoms with E-state index in [0.717, 1.165) is 63.7 Å². The number of aromatic nitrogens is 2. The number of piperidine rings is 1. The number of amides is 1. The van der Waals surface area contributed by atoms with Crippen molar-refractivity contribution in [1.29, 1.82) is 0 Å². The monoisotopic (exact) mass is 369 g/mol. The van der Waals surface area contributed by atoms with Crippen molar-refractivity contribution in [3.8, 4) is 0 Å². The molecule has 1 aliphatic carbocycles. The highest BCUT2D eigenvalue weighted by Gasteiger charge is 2.30. The van der Waals surface area contributed by atoms with Crippen molar-refractivity contribution in [3.63, 3.8) is 0 Å². The Balaban J connectivity index is 0.00000182. The zero-order valence-corrected chi connectivity index (χ0v) is 15.4. The Bertz CT molecular complexity index is 571. The molecule has 1 aromatic heterocycles. The van der Waals surface area contributed by atoms with E-state index in [4.69, 9.17) is 4.52 Å². The van der Waals surface area contributed by atoms with E-state index in [1.165, 1.54) is 19.3 Å². The number of nitrogens with one attached hydrogen (secondary N) is 2. The maximum Gasteiger partial charge on any atom is 0.237 e. The van der Waals surface area contributed by atoms with Crippen LogP contribution in [0.2, 0.25) is 0 Å². The van der Waals surface area contributed by atoms with Gasteiger partial charge in [-0.25, -0.2) is 0 Å². The van der Waals surface area contributed by atoms with Gasteiger partial charge >= 0.3 is 0 Å². The van der Waals surface area contributed by atoms with Crippen LogP contribution in [0.5, 0.6) is 0 Å². The molecule has 3 aliphatic rings. The standard InChI is InChI=1S/C17H27N5O2.ClH/c23-16(14-4-1-7-18-14)19-9-12-3-2-8-22(10-12)11-15-20-17(24-21-15)13-5-6-13;/h12-14,18H,1-11H2,(H,19,23);1H. The number of hydrogen-bond donors (Lipinski definition) is 2. The number of halogens is 1. The molecule has 7 nitrogen and oxygen atoms in total. The van der Waals surface area contributed by atoms with Gasteiger partial charge in [-0.1, -0.05) is 5.16 Å². The first-order chi connectivity index (χ1) is 11.8. The molecule has 2 saturated heterocycles. The summed E-state index contributed by atoms with van der Waals surface area (Å²) in [5, 5.41) is 10.5. The van der Waals surface area contributed by atoms with Crippen molar-refractivity contribution in [2.75, 3.05) is 26.2 Å². The molecule has 1 amide bonds. The van der Waals surface area contributed by atoms with E-state index in [0.29, 0.717) is 11.8 Å². The van der Waals surface area contributed by atoms with Crippen LogP contribution in [0.3, 0.4) is 0 Å². The highest BCUT2D eigenvalue weighted by atomic mass is 35.5. The Morgan fingerprint density at radius 1 is 1.28 bits per heavy atom.